The minimum Gasteiger partial charge on any atom is -0.315 e. The quantitative estimate of drug-likeness (QED) is 0.466. The SMILES string of the molecule is CCNC(C)CCCCCCCCCC(C)C. The summed E-state index contributed by atoms with van der Waals surface area (Å²) < 4.78 is 0. The van der Waals surface area contributed by atoms with E-state index in [9.17, 15) is 0 Å². The van der Waals surface area contributed by atoms with Crippen LogP contribution in [0.1, 0.15) is 85.5 Å². The molecule has 0 aromatic rings. The number of hydrogen-bond acceptors (Lipinski definition) is 1. The fourth-order valence-corrected chi connectivity index (χ4v) is 2.34. The van der Waals surface area contributed by atoms with Gasteiger partial charge in [0.05, 0.1) is 0 Å². The van der Waals surface area contributed by atoms with E-state index in [1.54, 1.807) is 0 Å². The van der Waals surface area contributed by atoms with Gasteiger partial charge in [-0.1, -0.05) is 72.1 Å². The highest BCUT2D eigenvalue weighted by atomic mass is 14.9. The van der Waals surface area contributed by atoms with Gasteiger partial charge in [-0.2, -0.15) is 0 Å². The molecule has 0 aromatic heterocycles. The lowest BCUT2D eigenvalue weighted by Crippen LogP contribution is -2.25. The van der Waals surface area contributed by atoms with Gasteiger partial charge in [0.15, 0.2) is 0 Å². The Morgan fingerprint density at radius 3 is 1.65 bits per heavy atom. The van der Waals surface area contributed by atoms with E-state index in [2.05, 4.69) is 33.0 Å². The Morgan fingerprint density at radius 2 is 1.18 bits per heavy atom. The number of rotatable bonds is 12. The second-order valence-electron chi connectivity index (χ2n) is 5.90. The van der Waals surface area contributed by atoms with Gasteiger partial charge in [-0.25, -0.2) is 0 Å². The van der Waals surface area contributed by atoms with Crippen molar-refractivity contribution in [2.24, 2.45) is 5.92 Å². The van der Waals surface area contributed by atoms with Crippen LogP contribution in [0.4, 0.5) is 0 Å². The van der Waals surface area contributed by atoms with Crippen molar-refractivity contribution in [3.8, 4) is 0 Å². The van der Waals surface area contributed by atoms with Crippen molar-refractivity contribution < 1.29 is 0 Å². The first-order valence-electron chi connectivity index (χ1n) is 7.90. The Balaban J connectivity index is 3.03. The summed E-state index contributed by atoms with van der Waals surface area (Å²) >= 11 is 0. The van der Waals surface area contributed by atoms with Crippen LogP contribution >= 0.6 is 0 Å². The van der Waals surface area contributed by atoms with Gasteiger partial charge in [0.25, 0.3) is 0 Å². The van der Waals surface area contributed by atoms with Crippen LogP contribution in [0.3, 0.4) is 0 Å². The normalized spacial score (nSPS) is 13.2. The molecule has 104 valence electrons. The molecule has 1 atom stereocenters. The minimum atomic E-state index is 0.714. The van der Waals surface area contributed by atoms with E-state index in [-0.39, 0.29) is 0 Å². The Kier molecular flexibility index (Phi) is 12.4. The number of unbranched alkanes of at least 4 members (excludes halogenated alkanes) is 6. The third-order valence-corrected chi connectivity index (χ3v) is 3.47. The Labute approximate surface area is 110 Å². The summed E-state index contributed by atoms with van der Waals surface area (Å²) in [5.41, 5.74) is 0. The van der Waals surface area contributed by atoms with Crippen molar-refractivity contribution in [2.45, 2.75) is 91.5 Å². The summed E-state index contributed by atoms with van der Waals surface area (Å²) in [6.07, 6.45) is 12.8. The maximum atomic E-state index is 3.47. The summed E-state index contributed by atoms with van der Waals surface area (Å²) in [5, 5.41) is 3.47. The standard InChI is InChI=1S/C16H35N/c1-5-17-16(4)14-12-10-8-6-7-9-11-13-15(2)3/h15-17H,5-14H2,1-4H3. The largest absolute Gasteiger partial charge is 0.315 e. The van der Waals surface area contributed by atoms with Crippen molar-refractivity contribution in [2.75, 3.05) is 6.54 Å². The molecule has 0 saturated heterocycles. The molecule has 0 rings (SSSR count). The molecule has 0 fully saturated rings. The van der Waals surface area contributed by atoms with Crippen LogP contribution in [-0.4, -0.2) is 12.6 Å². The van der Waals surface area contributed by atoms with E-state index in [0.717, 1.165) is 12.5 Å². The fourth-order valence-electron chi connectivity index (χ4n) is 2.34. The maximum absolute atomic E-state index is 3.47. The molecule has 1 heteroatoms. The highest BCUT2D eigenvalue weighted by Crippen LogP contribution is 2.12. The van der Waals surface area contributed by atoms with Crippen LogP contribution in [0.5, 0.6) is 0 Å². The lowest BCUT2D eigenvalue weighted by Gasteiger charge is -2.11. The molecule has 0 radical (unpaired) electrons. The molecule has 1 unspecified atom stereocenters. The van der Waals surface area contributed by atoms with Gasteiger partial charge in [0.1, 0.15) is 0 Å². The van der Waals surface area contributed by atoms with Gasteiger partial charge in [-0.15, -0.1) is 0 Å². The predicted octanol–water partition coefficient (Wildman–Crippen LogP) is 5.15. The van der Waals surface area contributed by atoms with Crippen molar-refractivity contribution in [3.63, 3.8) is 0 Å². The van der Waals surface area contributed by atoms with Crippen molar-refractivity contribution in [3.05, 3.63) is 0 Å². The van der Waals surface area contributed by atoms with Crippen LogP contribution in [0, 0.1) is 5.92 Å². The van der Waals surface area contributed by atoms with E-state index in [1.807, 2.05) is 0 Å². The van der Waals surface area contributed by atoms with Crippen LogP contribution in [-0.2, 0) is 0 Å². The molecule has 0 amide bonds. The van der Waals surface area contributed by atoms with Crippen LogP contribution in [0.2, 0.25) is 0 Å². The van der Waals surface area contributed by atoms with Crippen LogP contribution in [0.15, 0.2) is 0 Å². The molecule has 0 aliphatic rings. The lowest BCUT2D eigenvalue weighted by atomic mass is 10.0. The molecule has 17 heavy (non-hydrogen) atoms. The third kappa shape index (κ3) is 13.9. The van der Waals surface area contributed by atoms with Gasteiger partial charge < -0.3 is 5.32 Å². The van der Waals surface area contributed by atoms with Gasteiger partial charge in [0, 0.05) is 6.04 Å². The van der Waals surface area contributed by atoms with Gasteiger partial charge >= 0.3 is 0 Å². The van der Waals surface area contributed by atoms with Gasteiger partial charge in [-0.05, 0) is 25.8 Å². The molecule has 0 aromatic carbocycles. The predicted molar refractivity (Wildman–Crippen MR) is 79.5 cm³/mol. The van der Waals surface area contributed by atoms with Gasteiger partial charge in [-0.3, -0.25) is 0 Å². The average Bonchev–Trinajstić information content (AvgIpc) is 2.27. The van der Waals surface area contributed by atoms with E-state index in [1.165, 1.54) is 57.8 Å². The third-order valence-electron chi connectivity index (χ3n) is 3.47. The van der Waals surface area contributed by atoms with E-state index in [0.29, 0.717) is 6.04 Å². The Bertz CT molecular complexity index is 142. The summed E-state index contributed by atoms with van der Waals surface area (Å²) in [7, 11) is 0. The second kappa shape index (κ2) is 12.4. The monoisotopic (exact) mass is 241 g/mol. The molecule has 0 heterocycles. The fraction of sp³-hybridized carbons (Fsp3) is 1.00. The second-order valence-corrected chi connectivity index (χ2v) is 5.90. The van der Waals surface area contributed by atoms with Crippen molar-refractivity contribution in [1.82, 2.24) is 5.32 Å². The topological polar surface area (TPSA) is 12.0 Å². The molecular weight excluding hydrogens is 206 g/mol. The minimum absolute atomic E-state index is 0.714. The average molecular weight is 241 g/mol. The molecule has 0 bridgehead atoms. The molecular formula is C16H35N. The molecule has 0 spiro atoms. The van der Waals surface area contributed by atoms with E-state index < -0.39 is 0 Å². The van der Waals surface area contributed by atoms with Crippen molar-refractivity contribution >= 4 is 0 Å². The molecule has 0 aliphatic carbocycles. The van der Waals surface area contributed by atoms with E-state index in [4.69, 9.17) is 0 Å². The van der Waals surface area contributed by atoms with Crippen molar-refractivity contribution in [1.29, 1.82) is 0 Å². The summed E-state index contributed by atoms with van der Waals surface area (Å²) in [6.45, 7) is 10.2. The smallest absolute Gasteiger partial charge is 0.00386 e. The number of hydrogen-bond donors (Lipinski definition) is 1. The Hall–Kier alpha value is -0.0400. The molecule has 0 saturated carbocycles. The van der Waals surface area contributed by atoms with Crippen LogP contribution in [0.25, 0.3) is 0 Å². The van der Waals surface area contributed by atoms with Gasteiger partial charge in [0.2, 0.25) is 0 Å². The maximum Gasteiger partial charge on any atom is 0.00386 e. The zero-order valence-corrected chi connectivity index (χ0v) is 12.7. The first kappa shape index (κ1) is 17.0. The molecule has 1 N–H and O–H groups in total. The first-order chi connectivity index (χ1) is 8.16. The molecule has 1 nitrogen and oxygen atoms in total. The molecule has 0 aliphatic heterocycles. The highest BCUT2D eigenvalue weighted by molar-refractivity contribution is 4.59. The zero-order valence-electron chi connectivity index (χ0n) is 12.7. The Morgan fingerprint density at radius 1 is 0.706 bits per heavy atom. The highest BCUT2D eigenvalue weighted by Gasteiger charge is 1.99. The summed E-state index contributed by atoms with van der Waals surface area (Å²) in [6, 6.07) is 0.714. The summed E-state index contributed by atoms with van der Waals surface area (Å²) in [5.74, 6) is 0.891. The van der Waals surface area contributed by atoms with Crippen LogP contribution < -0.4 is 5.32 Å². The summed E-state index contributed by atoms with van der Waals surface area (Å²) in [4.78, 5) is 0. The zero-order chi connectivity index (χ0) is 12.9. The lowest BCUT2D eigenvalue weighted by molar-refractivity contribution is 0.479. The number of nitrogens with one attached hydrogen (secondary N) is 1. The first-order valence-corrected chi connectivity index (χ1v) is 7.90. The van der Waals surface area contributed by atoms with E-state index >= 15 is 0 Å².